The molecule has 2 N–H and O–H groups in total. The van der Waals surface area contributed by atoms with Crippen LogP contribution in [0, 0.1) is 0 Å². The number of para-hydroxylation sites is 1. The smallest absolute Gasteiger partial charge is 0.329 e. The number of rotatable bonds is 7. The zero-order valence-corrected chi connectivity index (χ0v) is 15.6. The van der Waals surface area contributed by atoms with Gasteiger partial charge < -0.3 is 10.1 Å². The summed E-state index contributed by atoms with van der Waals surface area (Å²) in [6, 6.07) is 22.4. The lowest BCUT2D eigenvalue weighted by Gasteiger charge is -2.09. The van der Waals surface area contributed by atoms with Gasteiger partial charge in [0.2, 0.25) is 0 Å². The second-order valence-electron chi connectivity index (χ2n) is 6.01. The Kier molecular flexibility index (Phi) is 7.06. The summed E-state index contributed by atoms with van der Waals surface area (Å²) in [7, 11) is 0. The Labute approximate surface area is 168 Å². The van der Waals surface area contributed by atoms with E-state index in [1.165, 1.54) is 6.21 Å². The van der Waals surface area contributed by atoms with Crippen molar-refractivity contribution in [1.82, 2.24) is 15.7 Å². The SMILES string of the molecule is O=C(NCc1ccccn1)C(=O)N/N=C\c1ccccc1OCc1ccccc1. The molecule has 3 rings (SSSR count). The number of carbonyl (C=O) groups is 2. The molecule has 146 valence electrons. The van der Waals surface area contributed by atoms with Crippen molar-refractivity contribution >= 4 is 18.0 Å². The predicted octanol–water partition coefficient (Wildman–Crippen LogP) is 2.43. The van der Waals surface area contributed by atoms with Gasteiger partial charge in [-0.15, -0.1) is 0 Å². The first kappa shape index (κ1) is 19.8. The zero-order valence-electron chi connectivity index (χ0n) is 15.6. The summed E-state index contributed by atoms with van der Waals surface area (Å²) < 4.78 is 5.83. The molecular formula is C22H20N4O3. The van der Waals surface area contributed by atoms with Crippen LogP contribution < -0.4 is 15.5 Å². The molecule has 0 aliphatic heterocycles. The van der Waals surface area contributed by atoms with E-state index in [4.69, 9.17) is 4.74 Å². The number of carbonyl (C=O) groups excluding carboxylic acids is 2. The Morgan fingerprint density at radius 3 is 2.48 bits per heavy atom. The third kappa shape index (κ3) is 6.28. The Morgan fingerprint density at radius 2 is 1.69 bits per heavy atom. The van der Waals surface area contributed by atoms with Gasteiger partial charge in [0.05, 0.1) is 18.5 Å². The van der Waals surface area contributed by atoms with Crippen LogP contribution in [-0.4, -0.2) is 23.0 Å². The van der Waals surface area contributed by atoms with Crippen molar-refractivity contribution in [2.75, 3.05) is 0 Å². The van der Waals surface area contributed by atoms with Gasteiger partial charge in [-0.2, -0.15) is 5.10 Å². The first-order chi connectivity index (χ1) is 14.2. The fourth-order valence-electron chi connectivity index (χ4n) is 2.42. The first-order valence-corrected chi connectivity index (χ1v) is 8.99. The predicted molar refractivity (Wildman–Crippen MR) is 109 cm³/mol. The zero-order chi connectivity index (χ0) is 20.3. The molecule has 0 aliphatic rings. The van der Waals surface area contributed by atoms with Crippen LogP contribution >= 0.6 is 0 Å². The van der Waals surface area contributed by atoms with Gasteiger partial charge >= 0.3 is 11.8 Å². The third-order valence-electron chi connectivity index (χ3n) is 3.89. The standard InChI is InChI=1S/C22H20N4O3/c27-21(24-15-19-11-6-7-13-23-19)22(28)26-25-14-18-10-4-5-12-20(18)29-16-17-8-2-1-3-9-17/h1-14H,15-16H2,(H,24,27)(H,26,28)/b25-14-. The first-order valence-electron chi connectivity index (χ1n) is 8.99. The average Bonchev–Trinajstić information content (AvgIpc) is 2.78. The summed E-state index contributed by atoms with van der Waals surface area (Å²) in [6.45, 7) is 0.570. The van der Waals surface area contributed by atoms with Gasteiger partial charge in [-0.1, -0.05) is 48.5 Å². The van der Waals surface area contributed by atoms with Gasteiger partial charge in [0, 0.05) is 11.8 Å². The van der Waals surface area contributed by atoms with Crippen LogP contribution in [0.3, 0.4) is 0 Å². The van der Waals surface area contributed by atoms with Crippen molar-refractivity contribution in [2.24, 2.45) is 5.10 Å². The Morgan fingerprint density at radius 1 is 0.931 bits per heavy atom. The number of hydrogen-bond donors (Lipinski definition) is 2. The molecule has 1 aromatic heterocycles. The maximum absolute atomic E-state index is 11.9. The van der Waals surface area contributed by atoms with Crippen molar-refractivity contribution < 1.29 is 14.3 Å². The van der Waals surface area contributed by atoms with Gasteiger partial charge in [-0.25, -0.2) is 5.43 Å². The molecule has 29 heavy (non-hydrogen) atoms. The third-order valence-corrected chi connectivity index (χ3v) is 3.89. The molecule has 0 radical (unpaired) electrons. The molecule has 0 bridgehead atoms. The van der Waals surface area contributed by atoms with Gasteiger partial charge in [0.25, 0.3) is 0 Å². The van der Waals surface area contributed by atoms with Crippen LogP contribution in [0.1, 0.15) is 16.8 Å². The molecule has 3 aromatic rings. The fraction of sp³-hybridized carbons (Fsp3) is 0.0909. The number of hydrazone groups is 1. The van der Waals surface area contributed by atoms with Gasteiger partial charge in [0.15, 0.2) is 0 Å². The molecule has 0 saturated heterocycles. The fourth-order valence-corrected chi connectivity index (χ4v) is 2.42. The van der Waals surface area contributed by atoms with Gasteiger partial charge in [0.1, 0.15) is 12.4 Å². The summed E-state index contributed by atoms with van der Waals surface area (Å²) >= 11 is 0. The highest BCUT2D eigenvalue weighted by Crippen LogP contribution is 2.17. The van der Waals surface area contributed by atoms with Crippen LogP contribution in [0.5, 0.6) is 5.75 Å². The Bertz CT molecular complexity index is 976. The minimum atomic E-state index is -0.861. The molecule has 0 atom stereocenters. The van der Waals surface area contributed by atoms with E-state index in [1.54, 1.807) is 30.5 Å². The van der Waals surface area contributed by atoms with E-state index in [0.717, 1.165) is 5.56 Å². The highest BCUT2D eigenvalue weighted by atomic mass is 16.5. The summed E-state index contributed by atoms with van der Waals surface area (Å²) in [5, 5.41) is 6.34. The normalized spacial score (nSPS) is 10.5. The topological polar surface area (TPSA) is 92.7 Å². The van der Waals surface area contributed by atoms with E-state index >= 15 is 0 Å². The Hall–Kier alpha value is -4.00. The van der Waals surface area contributed by atoms with E-state index in [9.17, 15) is 9.59 Å². The number of benzene rings is 2. The van der Waals surface area contributed by atoms with Gasteiger partial charge in [-0.05, 0) is 29.8 Å². The lowest BCUT2D eigenvalue weighted by atomic mass is 10.2. The van der Waals surface area contributed by atoms with Crippen molar-refractivity contribution in [3.8, 4) is 5.75 Å². The van der Waals surface area contributed by atoms with Crippen molar-refractivity contribution in [3.63, 3.8) is 0 Å². The van der Waals surface area contributed by atoms with Crippen molar-refractivity contribution in [1.29, 1.82) is 0 Å². The molecule has 2 amide bonds. The number of nitrogens with one attached hydrogen (secondary N) is 2. The molecule has 2 aromatic carbocycles. The van der Waals surface area contributed by atoms with Crippen molar-refractivity contribution in [3.05, 3.63) is 95.8 Å². The average molecular weight is 388 g/mol. The highest BCUT2D eigenvalue weighted by Gasteiger charge is 2.12. The monoisotopic (exact) mass is 388 g/mol. The molecule has 0 fully saturated rings. The largest absolute Gasteiger partial charge is 0.488 e. The van der Waals surface area contributed by atoms with E-state index < -0.39 is 11.8 Å². The van der Waals surface area contributed by atoms with E-state index in [2.05, 4.69) is 20.8 Å². The Balaban J connectivity index is 1.51. The van der Waals surface area contributed by atoms with E-state index in [1.807, 2.05) is 48.5 Å². The minimum Gasteiger partial charge on any atom is -0.488 e. The molecule has 7 heteroatoms. The van der Waals surface area contributed by atoms with Crippen LogP contribution in [0.15, 0.2) is 84.1 Å². The molecular weight excluding hydrogens is 368 g/mol. The van der Waals surface area contributed by atoms with Gasteiger partial charge in [-0.3, -0.25) is 14.6 Å². The van der Waals surface area contributed by atoms with Crippen LogP contribution in [0.4, 0.5) is 0 Å². The molecule has 0 saturated carbocycles. The minimum absolute atomic E-state index is 0.160. The lowest BCUT2D eigenvalue weighted by molar-refractivity contribution is -0.139. The van der Waals surface area contributed by atoms with E-state index in [-0.39, 0.29) is 6.54 Å². The lowest BCUT2D eigenvalue weighted by Crippen LogP contribution is -2.37. The number of hydrogen-bond acceptors (Lipinski definition) is 5. The second-order valence-corrected chi connectivity index (χ2v) is 6.01. The van der Waals surface area contributed by atoms with Crippen LogP contribution in [-0.2, 0) is 22.7 Å². The summed E-state index contributed by atoms with van der Waals surface area (Å²) in [5.74, 6) is -1.03. The summed E-state index contributed by atoms with van der Waals surface area (Å²) in [4.78, 5) is 27.8. The molecule has 1 heterocycles. The number of pyridine rings is 1. The van der Waals surface area contributed by atoms with E-state index in [0.29, 0.717) is 23.6 Å². The van der Waals surface area contributed by atoms with Crippen molar-refractivity contribution in [2.45, 2.75) is 13.2 Å². The molecule has 7 nitrogen and oxygen atoms in total. The number of aromatic nitrogens is 1. The molecule has 0 aliphatic carbocycles. The maximum Gasteiger partial charge on any atom is 0.329 e. The van der Waals surface area contributed by atoms with Crippen LogP contribution in [0.25, 0.3) is 0 Å². The number of ether oxygens (including phenoxy) is 1. The number of nitrogens with zero attached hydrogens (tertiary/aromatic N) is 2. The number of amides is 2. The quantitative estimate of drug-likeness (QED) is 0.369. The summed E-state index contributed by atoms with van der Waals surface area (Å²) in [5.41, 5.74) is 4.58. The molecule has 0 unspecified atom stereocenters. The highest BCUT2D eigenvalue weighted by molar-refractivity contribution is 6.35. The summed E-state index contributed by atoms with van der Waals surface area (Å²) in [6.07, 6.45) is 3.05. The van der Waals surface area contributed by atoms with Crippen LogP contribution in [0.2, 0.25) is 0 Å². The maximum atomic E-state index is 11.9. The molecule has 0 spiro atoms. The second kappa shape index (κ2) is 10.4.